The molecule has 0 saturated heterocycles. The number of anilines is 1. The second kappa shape index (κ2) is 4.04. The standard InChI is InChI=1S/C9H9FN2O3/c1-5-3-7(10)9(11-6(2)13)8(4-5)12(14)15/h3-4H,1-2H3,(H,11,13). The number of benzene rings is 1. The number of rotatable bonds is 2. The Morgan fingerprint density at radius 1 is 1.53 bits per heavy atom. The summed E-state index contributed by atoms with van der Waals surface area (Å²) in [6, 6.07) is 2.33. The molecule has 0 aliphatic rings. The topological polar surface area (TPSA) is 72.2 Å². The van der Waals surface area contributed by atoms with E-state index >= 15 is 0 Å². The first-order valence-electron chi connectivity index (χ1n) is 4.14. The van der Waals surface area contributed by atoms with Crippen LogP contribution in [0.4, 0.5) is 15.8 Å². The predicted molar refractivity (Wildman–Crippen MR) is 52.1 cm³/mol. The number of carbonyl (C=O) groups is 1. The molecule has 0 spiro atoms. The summed E-state index contributed by atoms with van der Waals surface area (Å²) >= 11 is 0. The van der Waals surface area contributed by atoms with Crippen LogP contribution in [0, 0.1) is 22.9 Å². The largest absolute Gasteiger partial charge is 0.318 e. The zero-order valence-corrected chi connectivity index (χ0v) is 8.20. The third-order valence-electron chi connectivity index (χ3n) is 1.71. The van der Waals surface area contributed by atoms with Gasteiger partial charge >= 0.3 is 0 Å². The summed E-state index contributed by atoms with van der Waals surface area (Å²) in [7, 11) is 0. The molecule has 0 unspecified atom stereocenters. The van der Waals surface area contributed by atoms with Crippen molar-refractivity contribution < 1.29 is 14.1 Å². The highest BCUT2D eigenvalue weighted by atomic mass is 19.1. The van der Waals surface area contributed by atoms with Gasteiger partial charge in [-0.1, -0.05) is 0 Å². The van der Waals surface area contributed by atoms with Crippen molar-refractivity contribution in [2.45, 2.75) is 13.8 Å². The van der Waals surface area contributed by atoms with Gasteiger partial charge in [-0.15, -0.1) is 0 Å². The number of nitro benzene ring substituents is 1. The van der Waals surface area contributed by atoms with Crippen LogP contribution in [0.25, 0.3) is 0 Å². The number of halogens is 1. The Morgan fingerprint density at radius 2 is 2.13 bits per heavy atom. The van der Waals surface area contributed by atoms with Crippen molar-refractivity contribution in [3.8, 4) is 0 Å². The van der Waals surface area contributed by atoms with E-state index in [0.29, 0.717) is 5.56 Å². The minimum atomic E-state index is -0.808. The minimum absolute atomic E-state index is 0.391. The Morgan fingerprint density at radius 3 is 2.60 bits per heavy atom. The lowest BCUT2D eigenvalue weighted by atomic mass is 10.2. The van der Waals surface area contributed by atoms with Gasteiger partial charge in [0.1, 0.15) is 0 Å². The number of aryl methyl sites for hydroxylation is 1. The zero-order chi connectivity index (χ0) is 11.6. The molecule has 1 N–H and O–H groups in total. The van der Waals surface area contributed by atoms with Crippen LogP contribution >= 0.6 is 0 Å². The number of amides is 1. The van der Waals surface area contributed by atoms with E-state index in [1.54, 1.807) is 0 Å². The Labute approximate surface area is 85.1 Å². The summed E-state index contributed by atoms with van der Waals surface area (Å²) in [5.74, 6) is -1.36. The Kier molecular flexibility index (Phi) is 2.99. The third kappa shape index (κ3) is 2.49. The van der Waals surface area contributed by atoms with E-state index in [1.165, 1.54) is 13.0 Å². The summed E-state index contributed by atoms with van der Waals surface area (Å²) in [5, 5.41) is 12.7. The van der Waals surface area contributed by atoms with Gasteiger partial charge in [0, 0.05) is 13.0 Å². The molecule has 0 radical (unpaired) electrons. The van der Waals surface area contributed by atoms with Gasteiger partial charge in [-0.2, -0.15) is 0 Å². The lowest BCUT2D eigenvalue weighted by molar-refractivity contribution is -0.384. The summed E-state index contributed by atoms with van der Waals surface area (Å²) < 4.78 is 13.3. The van der Waals surface area contributed by atoms with Gasteiger partial charge in [0.05, 0.1) is 4.92 Å². The zero-order valence-electron chi connectivity index (χ0n) is 8.20. The molecule has 1 aromatic rings. The van der Waals surface area contributed by atoms with E-state index in [1.807, 2.05) is 0 Å². The summed E-state index contributed by atoms with van der Waals surface area (Å²) in [4.78, 5) is 20.6. The normalized spacial score (nSPS) is 9.80. The maximum atomic E-state index is 13.3. The third-order valence-corrected chi connectivity index (χ3v) is 1.71. The molecule has 0 atom stereocenters. The first kappa shape index (κ1) is 11.1. The van der Waals surface area contributed by atoms with Crippen LogP contribution < -0.4 is 5.32 Å². The molecule has 1 amide bonds. The van der Waals surface area contributed by atoms with Crippen LogP contribution in [-0.2, 0) is 4.79 Å². The molecular formula is C9H9FN2O3. The number of hydrogen-bond donors (Lipinski definition) is 1. The fourth-order valence-corrected chi connectivity index (χ4v) is 1.17. The van der Waals surface area contributed by atoms with Crippen LogP contribution in [0.15, 0.2) is 12.1 Å². The van der Waals surface area contributed by atoms with Gasteiger partial charge in [0.2, 0.25) is 5.91 Å². The highest BCUT2D eigenvalue weighted by molar-refractivity contribution is 5.91. The number of nitro groups is 1. The fourth-order valence-electron chi connectivity index (χ4n) is 1.17. The first-order chi connectivity index (χ1) is 6.91. The lowest BCUT2D eigenvalue weighted by Crippen LogP contribution is -2.10. The molecular weight excluding hydrogens is 203 g/mol. The van der Waals surface area contributed by atoms with Gasteiger partial charge < -0.3 is 5.32 Å². The van der Waals surface area contributed by atoms with Crippen molar-refractivity contribution >= 4 is 17.3 Å². The van der Waals surface area contributed by atoms with Crippen molar-refractivity contribution in [3.63, 3.8) is 0 Å². The van der Waals surface area contributed by atoms with Gasteiger partial charge in [0.25, 0.3) is 5.69 Å². The maximum Gasteiger partial charge on any atom is 0.296 e. The Bertz CT molecular complexity index is 432. The highest BCUT2D eigenvalue weighted by Gasteiger charge is 2.19. The number of hydrogen-bond acceptors (Lipinski definition) is 3. The average molecular weight is 212 g/mol. The molecule has 5 nitrogen and oxygen atoms in total. The molecule has 0 bridgehead atoms. The number of carbonyl (C=O) groups excluding carboxylic acids is 1. The second-order valence-corrected chi connectivity index (χ2v) is 3.08. The quantitative estimate of drug-likeness (QED) is 0.601. The van der Waals surface area contributed by atoms with E-state index in [2.05, 4.69) is 5.32 Å². The smallest absolute Gasteiger partial charge is 0.296 e. The van der Waals surface area contributed by atoms with E-state index in [4.69, 9.17) is 0 Å². The van der Waals surface area contributed by atoms with E-state index in [0.717, 1.165) is 13.0 Å². The van der Waals surface area contributed by atoms with Crippen LogP contribution in [0.3, 0.4) is 0 Å². The summed E-state index contributed by atoms with van der Waals surface area (Å²) in [5.41, 5.74) is -0.408. The van der Waals surface area contributed by atoms with Crippen molar-refractivity contribution in [1.82, 2.24) is 0 Å². The van der Waals surface area contributed by atoms with Gasteiger partial charge in [-0.25, -0.2) is 4.39 Å². The predicted octanol–water partition coefficient (Wildman–Crippen LogP) is 2.00. The van der Waals surface area contributed by atoms with E-state index < -0.39 is 28.0 Å². The van der Waals surface area contributed by atoms with Crippen molar-refractivity contribution in [2.24, 2.45) is 0 Å². The number of nitrogens with one attached hydrogen (secondary N) is 1. The van der Waals surface area contributed by atoms with E-state index in [9.17, 15) is 19.3 Å². The molecule has 0 aliphatic heterocycles. The lowest BCUT2D eigenvalue weighted by Gasteiger charge is -2.05. The monoisotopic (exact) mass is 212 g/mol. The summed E-state index contributed by atoms with van der Waals surface area (Å²) in [6.45, 7) is 2.69. The van der Waals surface area contributed by atoms with E-state index in [-0.39, 0.29) is 0 Å². The van der Waals surface area contributed by atoms with Crippen molar-refractivity contribution in [3.05, 3.63) is 33.6 Å². The molecule has 1 rings (SSSR count). The SMILES string of the molecule is CC(=O)Nc1c(F)cc(C)cc1[N+](=O)[O-]. The minimum Gasteiger partial charge on any atom is -0.318 e. The molecule has 0 aliphatic carbocycles. The van der Waals surface area contributed by atoms with Crippen LogP contribution in [0.5, 0.6) is 0 Å². The maximum absolute atomic E-state index is 13.3. The van der Waals surface area contributed by atoms with Gasteiger partial charge in [-0.3, -0.25) is 14.9 Å². The van der Waals surface area contributed by atoms with Gasteiger partial charge in [-0.05, 0) is 18.6 Å². The Balaban J connectivity index is 3.33. The molecule has 6 heteroatoms. The summed E-state index contributed by atoms with van der Waals surface area (Å²) in [6.07, 6.45) is 0. The molecule has 1 aromatic carbocycles. The van der Waals surface area contributed by atoms with Crippen molar-refractivity contribution in [1.29, 1.82) is 0 Å². The Hall–Kier alpha value is -1.98. The molecule has 0 aromatic heterocycles. The van der Waals surface area contributed by atoms with Crippen LogP contribution in [-0.4, -0.2) is 10.8 Å². The van der Waals surface area contributed by atoms with Gasteiger partial charge in [0.15, 0.2) is 11.5 Å². The number of nitrogens with zero attached hydrogens (tertiary/aromatic N) is 1. The molecule has 0 fully saturated rings. The first-order valence-corrected chi connectivity index (χ1v) is 4.14. The van der Waals surface area contributed by atoms with Crippen LogP contribution in [0.2, 0.25) is 0 Å². The molecule has 80 valence electrons. The second-order valence-electron chi connectivity index (χ2n) is 3.08. The molecule has 15 heavy (non-hydrogen) atoms. The average Bonchev–Trinajstić information content (AvgIpc) is 2.08. The van der Waals surface area contributed by atoms with Crippen molar-refractivity contribution in [2.75, 3.05) is 5.32 Å². The fraction of sp³-hybridized carbons (Fsp3) is 0.222. The highest BCUT2D eigenvalue weighted by Crippen LogP contribution is 2.28. The molecule has 0 saturated carbocycles. The molecule has 0 heterocycles. The van der Waals surface area contributed by atoms with Crippen LogP contribution in [0.1, 0.15) is 12.5 Å².